The van der Waals surface area contributed by atoms with E-state index in [-0.39, 0.29) is 6.10 Å². The Bertz CT molecular complexity index is 358. The normalized spacial score (nSPS) is 34.8. The number of aromatic nitrogens is 2. The second-order valence-electron chi connectivity index (χ2n) is 4.30. The molecule has 2 bridgehead atoms. The van der Waals surface area contributed by atoms with Crippen molar-refractivity contribution in [3.63, 3.8) is 0 Å². The van der Waals surface area contributed by atoms with E-state index in [0.29, 0.717) is 17.2 Å². The minimum absolute atomic E-state index is 0.149. The van der Waals surface area contributed by atoms with Crippen LogP contribution in [0.15, 0.2) is 0 Å². The van der Waals surface area contributed by atoms with Crippen LogP contribution in [0.1, 0.15) is 25.7 Å². The van der Waals surface area contributed by atoms with Gasteiger partial charge in [0.15, 0.2) is 11.0 Å². The van der Waals surface area contributed by atoms with Gasteiger partial charge in [0.1, 0.15) is 0 Å². The molecule has 15 heavy (non-hydrogen) atoms. The Hall–Kier alpha value is -0.390. The lowest BCUT2D eigenvalue weighted by Crippen LogP contribution is -2.45. The molecule has 1 aromatic heterocycles. The van der Waals surface area contributed by atoms with Crippen LogP contribution in [0.4, 0.5) is 5.82 Å². The average Bonchev–Trinajstić information content (AvgIpc) is 2.69. The molecule has 3 rings (SSSR count). The number of anilines is 1. The van der Waals surface area contributed by atoms with Gasteiger partial charge in [-0.15, -0.1) is 0 Å². The van der Waals surface area contributed by atoms with Crippen molar-refractivity contribution in [2.75, 3.05) is 4.90 Å². The summed E-state index contributed by atoms with van der Waals surface area (Å²) in [4.78, 5) is 2.26. The van der Waals surface area contributed by atoms with Gasteiger partial charge in [-0.1, -0.05) is 11.6 Å². The Morgan fingerprint density at radius 2 is 1.93 bits per heavy atom. The Morgan fingerprint density at radius 3 is 2.47 bits per heavy atom. The average molecular weight is 246 g/mol. The molecule has 4 nitrogen and oxygen atoms in total. The van der Waals surface area contributed by atoms with Crippen LogP contribution in [0.2, 0.25) is 5.15 Å². The smallest absolute Gasteiger partial charge is 0.187 e. The standard InChI is InChI=1S/C9H12ClN3OS/c10-8-9(12-15-11-8)13-5-1-2-6(13)4-7(14)3-5/h5-7,14H,1-4H2. The van der Waals surface area contributed by atoms with Crippen LogP contribution >= 0.6 is 23.3 Å². The molecule has 0 radical (unpaired) electrons. The highest BCUT2D eigenvalue weighted by molar-refractivity contribution is 6.99. The molecule has 0 amide bonds. The fraction of sp³-hybridized carbons (Fsp3) is 0.778. The van der Waals surface area contributed by atoms with Crippen LogP contribution in [0.3, 0.4) is 0 Å². The summed E-state index contributed by atoms with van der Waals surface area (Å²) in [6, 6.07) is 0.806. The van der Waals surface area contributed by atoms with Crippen molar-refractivity contribution in [3.8, 4) is 0 Å². The first-order chi connectivity index (χ1) is 7.25. The van der Waals surface area contributed by atoms with Gasteiger partial charge in [0.05, 0.1) is 17.8 Å². The van der Waals surface area contributed by atoms with Crippen molar-refractivity contribution < 1.29 is 5.11 Å². The highest BCUT2D eigenvalue weighted by atomic mass is 35.5. The van der Waals surface area contributed by atoms with Crippen LogP contribution < -0.4 is 4.90 Å². The van der Waals surface area contributed by atoms with E-state index in [4.69, 9.17) is 11.6 Å². The predicted octanol–water partition coefficient (Wildman–Crippen LogP) is 1.68. The molecule has 2 saturated heterocycles. The van der Waals surface area contributed by atoms with E-state index in [0.717, 1.165) is 43.2 Å². The van der Waals surface area contributed by atoms with Crippen LogP contribution in [0.25, 0.3) is 0 Å². The van der Waals surface area contributed by atoms with E-state index in [9.17, 15) is 5.11 Å². The van der Waals surface area contributed by atoms with Gasteiger partial charge in [-0.25, -0.2) is 0 Å². The van der Waals surface area contributed by atoms with E-state index < -0.39 is 0 Å². The van der Waals surface area contributed by atoms with Gasteiger partial charge in [0.25, 0.3) is 0 Å². The van der Waals surface area contributed by atoms with E-state index in [1.807, 2.05) is 0 Å². The topological polar surface area (TPSA) is 49.2 Å². The predicted molar refractivity (Wildman–Crippen MR) is 59.4 cm³/mol. The molecule has 6 heteroatoms. The van der Waals surface area contributed by atoms with Gasteiger partial charge in [-0.2, -0.15) is 8.75 Å². The van der Waals surface area contributed by atoms with E-state index in [1.54, 1.807) is 0 Å². The zero-order chi connectivity index (χ0) is 10.4. The van der Waals surface area contributed by atoms with Gasteiger partial charge in [-0.05, 0) is 25.7 Å². The van der Waals surface area contributed by atoms with Gasteiger partial charge >= 0.3 is 0 Å². The number of aliphatic hydroxyl groups excluding tert-OH is 1. The largest absolute Gasteiger partial charge is 0.393 e. The Labute approximate surface area is 97.2 Å². The highest BCUT2D eigenvalue weighted by Gasteiger charge is 2.42. The number of rotatable bonds is 1. The van der Waals surface area contributed by atoms with Gasteiger partial charge in [-0.3, -0.25) is 0 Å². The van der Waals surface area contributed by atoms with Crippen LogP contribution in [0.5, 0.6) is 0 Å². The molecular weight excluding hydrogens is 234 g/mol. The third-order valence-corrected chi connectivity index (χ3v) is 4.26. The molecule has 2 aliphatic rings. The molecule has 2 unspecified atom stereocenters. The number of fused-ring (bicyclic) bond motifs is 2. The molecule has 82 valence electrons. The maximum absolute atomic E-state index is 9.68. The molecule has 0 aromatic carbocycles. The van der Waals surface area contributed by atoms with E-state index in [1.165, 1.54) is 0 Å². The monoisotopic (exact) mass is 245 g/mol. The SMILES string of the molecule is OC1CC2CCC(C1)N2c1nsnc1Cl. The number of halogens is 1. The summed E-state index contributed by atoms with van der Waals surface area (Å²) in [7, 11) is 0. The Balaban J connectivity index is 1.92. The summed E-state index contributed by atoms with van der Waals surface area (Å²) in [5.41, 5.74) is 0. The zero-order valence-electron chi connectivity index (χ0n) is 8.14. The molecule has 1 aromatic rings. The van der Waals surface area contributed by atoms with Crippen molar-refractivity contribution in [2.24, 2.45) is 0 Å². The number of hydrogen-bond acceptors (Lipinski definition) is 5. The van der Waals surface area contributed by atoms with Crippen molar-refractivity contribution in [3.05, 3.63) is 5.15 Å². The Morgan fingerprint density at radius 1 is 1.27 bits per heavy atom. The molecule has 2 atom stereocenters. The second-order valence-corrected chi connectivity index (χ2v) is 5.18. The lowest BCUT2D eigenvalue weighted by atomic mass is 10.0. The number of nitrogens with zero attached hydrogens (tertiary/aromatic N) is 3. The minimum atomic E-state index is -0.149. The first kappa shape index (κ1) is 9.81. The molecule has 1 N–H and O–H groups in total. The summed E-state index contributed by atoms with van der Waals surface area (Å²) in [6.45, 7) is 0. The summed E-state index contributed by atoms with van der Waals surface area (Å²) in [5, 5.41) is 10.2. The number of aliphatic hydroxyl groups is 1. The fourth-order valence-electron chi connectivity index (χ4n) is 2.82. The third kappa shape index (κ3) is 1.53. The quantitative estimate of drug-likeness (QED) is 0.818. The first-order valence-corrected chi connectivity index (χ1v) is 6.31. The zero-order valence-corrected chi connectivity index (χ0v) is 9.71. The first-order valence-electron chi connectivity index (χ1n) is 5.20. The molecule has 0 saturated carbocycles. The lowest BCUT2D eigenvalue weighted by molar-refractivity contribution is 0.126. The maximum Gasteiger partial charge on any atom is 0.187 e. The van der Waals surface area contributed by atoms with Crippen LogP contribution in [-0.2, 0) is 0 Å². The molecule has 2 fully saturated rings. The summed E-state index contributed by atoms with van der Waals surface area (Å²) in [6.07, 6.45) is 3.80. The minimum Gasteiger partial charge on any atom is -0.393 e. The second kappa shape index (κ2) is 3.57. The van der Waals surface area contributed by atoms with Crippen LogP contribution in [-0.4, -0.2) is 32.0 Å². The highest BCUT2D eigenvalue weighted by Crippen LogP contribution is 2.40. The maximum atomic E-state index is 9.68. The summed E-state index contributed by atoms with van der Waals surface area (Å²) >= 11 is 7.16. The fourth-order valence-corrected chi connectivity index (χ4v) is 3.56. The van der Waals surface area contributed by atoms with Crippen molar-refractivity contribution >= 4 is 29.1 Å². The summed E-state index contributed by atoms with van der Waals surface area (Å²) in [5.74, 6) is 0.820. The van der Waals surface area contributed by atoms with Gasteiger partial charge in [0.2, 0.25) is 0 Å². The Kier molecular flexibility index (Phi) is 2.34. The lowest BCUT2D eigenvalue weighted by Gasteiger charge is -2.37. The summed E-state index contributed by atoms with van der Waals surface area (Å²) < 4.78 is 8.25. The molecule has 3 heterocycles. The number of hydrogen-bond donors (Lipinski definition) is 1. The van der Waals surface area contributed by atoms with Crippen molar-refractivity contribution in [1.29, 1.82) is 0 Å². The molecule has 0 spiro atoms. The molecular formula is C9H12ClN3OS. The van der Waals surface area contributed by atoms with Gasteiger partial charge in [0, 0.05) is 12.1 Å². The van der Waals surface area contributed by atoms with Crippen molar-refractivity contribution in [1.82, 2.24) is 8.75 Å². The third-order valence-electron chi connectivity index (χ3n) is 3.39. The van der Waals surface area contributed by atoms with Crippen LogP contribution in [0, 0.1) is 0 Å². The van der Waals surface area contributed by atoms with Gasteiger partial charge < -0.3 is 10.0 Å². The molecule has 0 aliphatic carbocycles. The van der Waals surface area contributed by atoms with E-state index in [2.05, 4.69) is 13.6 Å². The van der Waals surface area contributed by atoms with Crippen molar-refractivity contribution in [2.45, 2.75) is 43.9 Å². The number of piperidine rings is 1. The molecule has 2 aliphatic heterocycles. The van der Waals surface area contributed by atoms with E-state index >= 15 is 0 Å².